The number of rotatable bonds is 5. The number of hydrogen-bond donors (Lipinski definition) is 1. The van der Waals surface area contributed by atoms with Crippen molar-refractivity contribution in [2.24, 2.45) is 5.92 Å². The molecule has 0 saturated heterocycles. The smallest absolute Gasteiger partial charge is 0.118 e. The molecule has 18 heavy (non-hydrogen) atoms. The lowest BCUT2D eigenvalue weighted by Gasteiger charge is -2.25. The fourth-order valence-corrected chi connectivity index (χ4v) is 3.48. The molecule has 96 valence electrons. The van der Waals surface area contributed by atoms with Gasteiger partial charge in [0, 0.05) is 10.6 Å². The number of hydrogen-bond acceptors (Lipinski definition) is 3. The van der Waals surface area contributed by atoms with Crippen molar-refractivity contribution in [3.8, 4) is 6.07 Å². The van der Waals surface area contributed by atoms with Crippen molar-refractivity contribution in [3.63, 3.8) is 0 Å². The summed E-state index contributed by atoms with van der Waals surface area (Å²) in [4.78, 5) is 1.04. The van der Waals surface area contributed by atoms with Gasteiger partial charge in [-0.15, -0.1) is 11.8 Å². The van der Waals surface area contributed by atoms with E-state index in [1.807, 2.05) is 19.2 Å². The Morgan fingerprint density at radius 2 is 2.17 bits per heavy atom. The second-order valence-corrected chi connectivity index (χ2v) is 6.34. The fourth-order valence-electron chi connectivity index (χ4n) is 1.91. The Morgan fingerprint density at radius 1 is 1.44 bits per heavy atom. The van der Waals surface area contributed by atoms with E-state index >= 15 is 0 Å². The summed E-state index contributed by atoms with van der Waals surface area (Å²) in [6.07, 6.45) is 2.27. The molecule has 2 nitrogen and oxygen atoms in total. The summed E-state index contributed by atoms with van der Waals surface area (Å²) < 4.78 is 0. The zero-order chi connectivity index (χ0) is 13.2. The molecule has 0 heterocycles. The van der Waals surface area contributed by atoms with E-state index in [0.29, 0.717) is 16.0 Å². The minimum atomic E-state index is -0.420. The Labute approximate surface area is 122 Å². The second-order valence-electron chi connectivity index (χ2n) is 4.47. The molecule has 1 N–H and O–H groups in total. The van der Waals surface area contributed by atoms with Gasteiger partial charge in [-0.3, -0.25) is 0 Å². The van der Waals surface area contributed by atoms with Gasteiger partial charge in [-0.2, -0.15) is 5.26 Å². The normalized spacial score (nSPS) is 18.1. The van der Waals surface area contributed by atoms with Crippen LogP contribution < -0.4 is 5.32 Å². The van der Waals surface area contributed by atoms with Crippen molar-refractivity contribution in [2.45, 2.75) is 23.3 Å². The molecular weight excluding hydrogens is 287 g/mol. The summed E-state index contributed by atoms with van der Waals surface area (Å²) in [5.74, 6) is 1.20. The summed E-state index contributed by atoms with van der Waals surface area (Å²) >= 11 is 13.5. The molecular formula is C13H14Cl2N2S. The molecule has 0 radical (unpaired) electrons. The van der Waals surface area contributed by atoms with Crippen LogP contribution in [-0.2, 0) is 0 Å². The molecule has 1 aromatic rings. The highest BCUT2D eigenvalue weighted by molar-refractivity contribution is 7.99. The Hall–Kier alpha value is -0.400. The van der Waals surface area contributed by atoms with E-state index < -0.39 is 5.54 Å². The molecule has 1 aliphatic rings. The Balaban J connectivity index is 2.05. The number of nitrogens with one attached hydrogen (secondary N) is 1. The average Bonchev–Trinajstić information content (AvgIpc) is 3.20. The average molecular weight is 301 g/mol. The minimum absolute atomic E-state index is 0.420. The van der Waals surface area contributed by atoms with Gasteiger partial charge < -0.3 is 5.32 Å². The van der Waals surface area contributed by atoms with Crippen LogP contribution in [-0.4, -0.2) is 18.3 Å². The first-order valence-electron chi connectivity index (χ1n) is 5.79. The monoisotopic (exact) mass is 300 g/mol. The molecule has 0 bridgehead atoms. The molecule has 5 heteroatoms. The first-order valence-corrected chi connectivity index (χ1v) is 7.53. The molecule has 0 aliphatic heterocycles. The van der Waals surface area contributed by atoms with Crippen LogP contribution in [0.2, 0.25) is 10.0 Å². The van der Waals surface area contributed by atoms with Gasteiger partial charge in [0.25, 0.3) is 0 Å². The lowest BCUT2D eigenvalue weighted by molar-refractivity contribution is 0.441. The third kappa shape index (κ3) is 2.95. The molecule has 2 rings (SSSR count). The third-order valence-corrected chi connectivity index (χ3v) is 5.20. The summed E-state index contributed by atoms with van der Waals surface area (Å²) in [6, 6.07) is 8.00. The number of nitriles is 1. The molecule has 0 amide bonds. The standard InChI is InChI=1S/C13H14Cl2N2S/c1-17-13(7-16,9-2-3-9)8-18-10-4-5-11(14)12(15)6-10/h4-6,9,17H,2-3,8H2,1H3. The van der Waals surface area contributed by atoms with Crippen molar-refractivity contribution in [1.82, 2.24) is 5.32 Å². The van der Waals surface area contributed by atoms with E-state index in [1.54, 1.807) is 17.8 Å². The molecule has 0 aromatic heterocycles. The van der Waals surface area contributed by atoms with E-state index in [1.165, 1.54) is 0 Å². The van der Waals surface area contributed by atoms with Gasteiger partial charge in [0.15, 0.2) is 0 Å². The quantitative estimate of drug-likeness (QED) is 0.836. The van der Waals surface area contributed by atoms with E-state index in [4.69, 9.17) is 23.2 Å². The van der Waals surface area contributed by atoms with Crippen molar-refractivity contribution in [2.75, 3.05) is 12.8 Å². The van der Waals surface area contributed by atoms with E-state index in [9.17, 15) is 5.26 Å². The van der Waals surface area contributed by atoms with E-state index in [2.05, 4.69) is 11.4 Å². The second kappa shape index (κ2) is 5.71. The van der Waals surface area contributed by atoms with Gasteiger partial charge in [0.1, 0.15) is 5.54 Å². The van der Waals surface area contributed by atoms with Gasteiger partial charge in [-0.05, 0) is 44.0 Å². The zero-order valence-corrected chi connectivity index (χ0v) is 12.4. The summed E-state index contributed by atoms with van der Waals surface area (Å²) in [5.41, 5.74) is -0.420. The molecule has 1 fully saturated rings. The molecule has 1 saturated carbocycles. The van der Waals surface area contributed by atoms with E-state index in [-0.39, 0.29) is 0 Å². The van der Waals surface area contributed by atoms with Crippen LogP contribution in [0.3, 0.4) is 0 Å². The molecule has 1 aromatic carbocycles. The topological polar surface area (TPSA) is 35.8 Å². The third-order valence-electron chi connectivity index (χ3n) is 3.28. The van der Waals surface area contributed by atoms with Gasteiger partial charge in [-0.1, -0.05) is 23.2 Å². The van der Waals surface area contributed by atoms with Crippen molar-refractivity contribution >= 4 is 35.0 Å². The zero-order valence-electron chi connectivity index (χ0n) is 10.0. The lowest BCUT2D eigenvalue weighted by atomic mass is 9.98. The summed E-state index contributed by atoms with van der Waals surface area (Å²) in [6.45, 7) is 0. The highest BCUT2D eigenvalue weighted by Crippen LogP contribution is 2.42. The van der Waals surface area contributed by atoms with Gasteiger partial charge >= 0.3 is 0 Å². The molecule has 1 unspecified atom stereocenters. The highest BCUT2D eigenvalue weighted by atomic mass is 35.5. The number of thioether (sulfide) groups is 1. The summed E-state index contributed by atoms with van der Waals surface area (Å²) in [7, 11) is 1.86. The summed E-state index contributed by atoms with van der Waals surface area (Å²) in [5, 5.41) is 13.7. The number of benzene rings is 1. The van der Waals surface area contributed by atoms with Crippen LogP contribution in [0.15, 0.2) is 23.1 Å². The predicted molar refractivity (Wildman–Crippen MR) is 77.3 cm³/mol. The Kier molecular flexibility index (Phi) is 4.45. The van der Waals surface area contributed by atoms with Gasteiger partial charge in [-0.25, -0.2) is 0 Å². The van der Waals surface area contributed by atoms with Gasteiger partial charge in [0.2, 0.25) is 0 Å². The van der Waals surface area contributed by atoms with Gasteiger partial charge in [0.05, 0.1) is 16.1 Å². The molecule has 1 atom stereocenters. The number of nitrogens with zero attached hydrogens (tertiary/aromatic N) is 1. The lowest BCUT2D eigenvalue weighted by Crippen LogP contribution is -2.46. The fraction of sp³-hybridized carbons (Fsp3) is 0.462. The first-order chi connectivity index (χ1) is 8.61. The Bertz CT molecular complexity index is 482. The predicted octanol–water partition coefficient (Wildman–Crippen LogP) is 3.98. The Morgan fingerprint density at radius 3 is 2.67 bits per heavy atom. The van der Waals surface area contributed by atoms with Crippen LogP contribution in [0.25, 0.3) is 0 Å². The molecule has 0 spiro atoms. The number of halogens is 2. The maximum atomic E-state index is 9.39. The van der Waals surface area contributed by atoms with Crippen LogP contribution in [0.4, 0.5) is 0 Å². The van der Waals surface area contributed by atoms with Crippen molar-refractivity contribution in [3.05, 3.63) is 28.2 Å². The van der Waals surface area contributed by atoms with Crippen molar-refractivity contribution in [1.29, 1.82) is 5.26 Å². The molecule has 1 aliphatic carbocycles. The highest BCUT2D eigenvalue weighted by Gasteiger charge is 2.44. The maximum Gasteiger partial charge on any atom is 0.118 e. The maximum absolute atomic E-state index is 9.39. The van der Waals surface area contributed by atoms with Crippen LogP contribution in [0.1, 0.15) is 12.8 Å². The van der Waals surface area contributed by atoms with Crippen LogP contribution >= 0.6 is 35.0 Å². The van der Waals surface area contributed by atoms with Crippen LogP contribution in [0, 0.1) is 17.2 Å². The van der Waals surface area contributed by atoms with Crippen LogP contribution in [0.5, 0.6) is 0 Å². The minimum Gasteiger partial charge on any atom is -0.302 e. The largest absolute Gasteiger partial charge is 0.302 e. The SMILES string of the molecule is CNC(C#N)(CSc1ccc(Cl)c(Cl)c1)C1CC1. The van der Waals surface area contributed by atoms with Crippen molar-refractivity contribution < 1.29 is 0 Å². The van der Waals surface area contributed by atoms with E-state index in [0.717, 1.165) is 23.5 Å². The first kappa shape index (κ1) is 14.0.